The van der Waals surface area contributed by atoms with E-state index in [0.29, 0.717) is 24.9 Å². The standard InChI is InChI=1S/C32H49NO5/c1-5-13-37-26-15-28(38-27(26)18-33-11-7-6-8-12-33)31-17-23-21(4)9-10-24(23)30(19-34)16-22(31)14-25(20(2)3)32(30,31)29(35)36/h14,19-24,26-28H,5-13,15-18H2,1-4H3,(H,35,36)/t21-,22?,23?,24-,26?,27?,28?,30?,31?,32?/m1/s1. The van der Waals surface area contributed by atoms with Crippen molar-refractivity contribution in [3.05, 3.63) is 11.6 Å². The Morgan fingerprint density at radius 1 is 1.24 bits per heavy atom. The van der Waals surface area contributed by atoms with Gasteiger partial charge in [0.1, 0.15) is 11.7 Å². The number of rotatable bonds is 9. The molecule has 0 aromatic rings. The number of fused-ring (bicyclic) bond motifs is 2. The van der Waals surface area contributed by atoms with Crippen LogP contribution in [0, 0.1) is 45.8 Å². The van der Waals surface area contributed by atoms with Crippen molar-refractivity contribution < 1.29 is 24.2 Å². The van der Waals surface area contributed by atoms with Crippen LogP contribution in [-0.2, 0) is 19.1 Å². The van der Waals surface area contributed by atoms with Crippen molar-refractivity contribution in [2.45, 2.75) is 104 Å². The lowest BCUT2D eigenvalue weighted by Gasteiger charge is -2.59. The smallest absolute Gasteiger partial charge is 0.315 e. The number of carboxylic acids is 1. The quantitative estimate of drug-likeness (QED) is 0.322. The Bertz CT molecular complexity index is 973. The zero-order valence-electron chi connectivity index (χ0n) is 24.0. The van der Waals surface area contributed by atoms with Crippen LogP contribution in [0.5, 0.6) is 0 Å². The maximum absolute atomic E-state index is 13.9. The first-order chi connectivity index (χ1) is 18.3. The molecule has 1 N–H and O–H groups in total. The van der Waals surface area contributed by atoms with Gasteiger partial charge in [-0.05, 0) is 81.2 Å². The van der Waals surface area contributed by atoms with E-state index in [9.17, 15) is 14.7 Å². The van der Waals surface area contributed by atoms with E-state index in [-0.39, 0.29) is 36.1 Å². The molecule has 2 heterocycles. The third kappa shape index (κ3) is 3.35. The van der Waals surface area contributed by atoms with Gasteiger partial charge in [-0.25, -0.2) is 0 Å². The molecule has 212 valence electrons. The second kappa shape index (κ2) is 9.69. The molecule has 5 fully saturated rings. The molecule has 6 nitrogen and oxygen atoms in total. The van der Waals surface area contributed by atoms with Crippen LogP contribution in [0.25, 0.3) is 0 Å². The van der Waals surface area contributed by atoms with Crippen LogP contribution in [0.4, 0.5) is 0 Å². The second-order valence-corrected chi connectivity index (χ2v) is 14.0. The molecular weight excluding hydrogens is 478 g/mol. The number of carbonyl (C=O) groups excluding carboxylic acids is 1. The Kier molecular flexibility index (Phi) is 6.88. The number of aldehydes is 1. The molecule has 3 saturated carbocycles. The Balaban J connectivity index is 1.44. The lowest BCUT2D eigenvalue weighted by Crippen LogP contribution is -2.65. The highest BCUT2D eigenvalue weighted by atomic mass is 16.6. The zero-order chi connectivity index (χ0) is 26.9. The van der Waals surface area contributed by atoms with Crippen LogP contribution >= 0.6 is 0 Å². The summed E-state index contributed by atoms with van der Waals surface area (Å²) in [6.07, 6.45) is 12.2. The maximum Gasteiger partial charge on any atom is 0.315 e. The van der Waals surface area contributed by atoms with Crippen molar-refractivity contribution in [1.82, 2.24) is 4.90 Å². The monoisotopic (exact) mass is 527 g/mol. The average Bonchev–Trinajstić information content (AvgIpc) is 3.61. The van der Waals surface area contributed by atoms with Gasteiger partial charge in [0, 0.05) is 25.0 Å². The van der Waals surface area contributed by atoms with E-state index < -0.39 is 22.2 Å². The molecule has 38 heavy (non-hydrogen) atoms. The summed E-state index contributed by atoms with van der Waals surface area (Å²) in [5.41, 5.74) is -1.59. The molecule has 10 atom stereocenters. The average molecular weight is 528 g/mol. The third-order valence-corrected chi connectivity index (χ3v) is 12.2. The fourth-order valence-electron chi connectivity index (χ4n) is 10.9. The van der Waals surface area contributed by atoms with Gasteiger partial charge in [-0.3, -0.25) is 4.79 Å². The van der Waals surface area contributed by atoms with Crippen LogP contribution in [0.3, 0.4) is 0 Å². The van der Waals surface area contributed by atoms with Crippen molar-refractivity contribution in [2.75, 3.05) is 26.2 Å². The Labute approximate surface area is 228 Å². The lowest BCUT2D eigenvalue weighted by molar-refractivity contribution is -0.197. The van der Waals surface area contributed by atoms with Gasteiger partial charge >= 0.3 is 5.97 Å². The molecule has 4 aliphatic carbocycles. The van der Waals surface area contributed by atoms with Gasteiger partial charge in [-0.15, -0.1) is 0 Å². The van der Waals surface area contributed by atoms with Crippen LogP contribution in [0.1, 0.15) is 85.5 Å². The lowest BCUT2D eigenvalue weighted by atomic mass is 9.41. The van der Waals surface area contributed by atoms with E-state index in [1.807, 2.05) is 0 Å². The molecule has 0 aromatic carbocycles. The molecule has 0 amide bonds. The Morgan fingerprint density at radius 3 is 2.66 bits per heavy atom. The van der Waals surface area contributed by atoms with Gasteiger partial charge in [-0.1, -0.05) is 52.2 Å². The Hall–Kier alpha value is -1.24. The molecule has 2 saturated heterocycles. The minimum absolute atomic E-state index is 0.0195. The van der Waals surface area contributed by atoms with E-state index in [1.54, 1.807) is 0 Å². The minimum atomic E-state index is -1.17. The molecule has 6 heteroatoms. The van der Waals surface area contributed by atoms with Gasteiger partial charge < -0.3 is 24.3 Å². The highest BCUT2D eigenvalue weighted by Gasteiger charge is 2.86. The summed E-state index contributed by atoms with van der Waals surface area (Å²) in [5.74, 6) is 0.439. The predicted octanol–water partition coefficient (Wildman–Crippen LogP) is 5.35. The number of nitrogens with zero attached hydrogens (tertiary/aromatic N) is 1. The van der Waals surface area contributed by atoms with Crippen LogP contribution in [0.15, 0.2) is 11.6 Å². The number of allylic oxidation sites excluding steroid dienone is 1. The fraction of sp³-hybridized carbons (Fsp3) is 0.875. The topological polar surface area (TPSA) is 76.1 Å². The SMILES string of the molecule is CCCOC1CC(C23CC4[C@H](C)CC[C@H]4C4(C=O)CC2C=C(C(C)C)C34C(=O)O)OC1CN1CCCCC1. The number of carbonyl (C=O) groups is 2. The van der Waals surface area contributed by atoms with E-state index in [1.165, 1.54) is 19.3 Å². The highest BCUT2D eigenvalue weighted by molar-refractivity contribution is 5.90. The van der Waals surface area contributed by atoms with Gasteiger partial charge in [0.2, 0.25) is 0 Å². The van der Waals surface area contributed by atoms with Gasteiger partial charge in [-0.2, -0.15) is 0 Å². The number of aliphatic carboxylic acids is 1. The molecule has 6 rings (SSSR count). The molecule has 0 radical (unpaired) electrons. The van der Waals surface area contributed by atoms with E-state index in [4.69, 9.17) is 9.47 Å². The summed E-state index contributed by atoms with van der Waals surface area (Å²) in [5, 5.41) is 11.4. The minimum Gasteiger partial charge on any atom is -0.481 e. The number of hydrogen-bond donors (Lipinski definition) is 1. The number of likely N-dealkylation sites (tertiary alicyclic amines) is 1. The largest absolute Gasteiger partial charge is 0.481 e. The summed E-state index contributed by atoms with van der Waals surface area (Å²) < 4.78 is 13.6. The number of carboxylic acid groups (broad SMARTS) is 1. The summed E-state index contributed by atoms with van der Waals surface area (Å²) in [4.78, 5) is 29.8. The van der Waals surface area contributed by atoms with Crippen molar-refractivity contribution in [3.63, 3.8) is 0 Å². The predicted molar refractivity (Wildman–Crippen MR) is 146 cm³/mol. The highest BCUT2D eigenvalue weighted by Crippen LogP contribution is 2.84. The molecule has 8 unspecified atom stereocenters. The van der Waals surface area contributed by atoms with Crippen molar-refractivity contribution in [3.8, 4) is 0 Å². The van der Waals surface area contributed by atoms with Crippen LogP contribution in [-0.4, -0.2) is 66.8 Å². The summed E-state index contributed by atoms with van der Waals surface area (Å²) in [7, 11) is 0. The second-order valence-electron chi connectivity index (χ2n) is 14.0. The van der Waals surface area contributed by atoms with Crippen molar-refractivity contribution in [1.29, 1.82) is 0 Å². The molecular formula is C32H49NO5. The first-order valence-electron chi connectivity index (χ1n) is 15.7. The summed E-state index contributed by atoms with van der Waals surface area (Å²) >= 11 is 0. The number of piperidine rings is 1. The summed E-state index contributed by atoms with van der Waals surface area (Å²) in [6.45, 7) is 12.5. The zero-order valence-corrected chi connectivity index (χ0v) is 24.0. The molecule has 4 bridgehead atoms. The first kappa shape index (κ1) is 27.0. The molecule has 0 spiro atoms. The van der Waals surface area contributed by atoms with E-state index in [0.717, 1.165) is 63.6 Å². The van der Waals surface area contributed by atoms with E-state index in [2.05, 4.69) is 38.7 Å². The summed E-state index contributed by atoms with van der Waals surface area (Å²) in [6, 6.07) is 0. The third-order valence-electron chi connectivity index (χ3n) is 12.2. The molecule has 6 aliphatic rings. The van der Waals surface area contributed by atoms with Crippen molar-refractivity contribution in [2.24, 2.45) is 45.8 Å². The van der Waals surface area contributed by atoms with Gasteiger partial charge in [0.25, 0.3) is 0 Å². The van der Waals surface area contributed by atoms with Crippen LogP contribution in [0.2, 0.25) is 0 Å². The van der Waals surface area contributed by atoms with Crippen LogP contribution < -0.4 is 0 Å². The van der Waals surface area contributed by atoms with E-state index >= 15 is 0 Å². The number of hydrogen-bond acceptors (Lipinski definition) is 5. The molecule has 2 aliphatic heterocycles. The normalized spacial score (nSPS) is 47.9. The fourth-order valence-corrected chi connectivity index (χ4v) is 10.9. The van der Waals surface area contributed by atoms with Gasteiger partial charge in [0.05, 0.1) is 23.7 Å². The number of ether oxygens (including phenoxy) is 2. The molecule has 0 aromatic heterocycles. The Morgan fingerprint density at radius 2 is 2.00 bits per heavy atom. The van der Waals surface area contributed by atoms with Crippen molar-refractivity contribution >= 4 is 12.3 Å². The van der Waals surface area contributed by atoms with Gasteiger partial charge in [0.15, 0.2) is 0 Å². The maximum atomic E-state index is 13.9. The first-order valence-corrected chi connectivity index (χ1v) is 15.7.